The quantitative estimate of drug-likeness (QED) is 0.382. The van der Waals surface area contributed by atoms with Gasteiger partial charge in [0.25, 0.3) is 5.60 Å². The summed E-state index contributed by atoms with van der Waals surface area (Å²) in [4.78, 5) is 28.4. The van der Waals surface area contributed by atoms with Gasteiger partial charge in [-0.25, -0.2) is 9.68 Å². The van der Waals surface area contributed by atoms with E-state index in [0.717, 1.165) is 5.56 Å². The van der Waals surface area contributed by atoms with Crippen molar-refractivity contribution >= 4 is 11.8 Å². The van der Waals surface area contributed by atoms with Gasteiger partial charge in [0.05, 0.1) is 6.61 Å². The summed E-state index contributed by atoms with van der Waals surface area (Å²) in [6, 6.07) is 6.96. The Labute approximate surface area is 104 Å². The average molecular weight is 250 g/mol. The van der Waals surface area contributed by atoms with E-state index in [-0.39, 0.29) is 13.0 Å². The number of carbonyl (C=O) groups excluding carboxylic acids is 2. The minimum absolute atomic E-state index is 0.0815. The molecule has 0 aliphatic heterocycles. The minimum atomic E-state index is -1.91. The molecule has 0 spiro atoms. The number of Topliss-reactive ketones (excluding diaryl/α,β-unsaturated/α-hetero) is 1. The van der Waals surface area contributed by atoms with Gasteiger partial charge in [-0.1, -0.05) is 24.3 Å². The van der Waals surface area contributed by atoms with Crippen LogP contribution in [0.4, 0.5) is 0 Å². The molecule has 0 aromatic heterocycles. The van der Waals surface area contributed by atoms with Gasteiger partial charge < -0.3 is 4.74 Å². The molecule has 1 aromatic carbocycles. The Hall–Kier alpha value is -1.72. The van der Waals surface area contributed by atoms with Crippen molar-refractivity contribution < 1.29 is 24.5 Å². The van der Waals surface area contributed by atoms with E-state index in [1.165, 1.54) is 0 Å². The second-order valence-corrected chi connectivity index (χ2v) is 4.13. The van der Waals surface area contributed by atoms with E-state index in [9.17, 15) is 9.59 Å². The molecule has 5 nitrogen and oxygen atoms in total. The zero-order valence-corrected chi connectivity index (χ0v) is 10.0. The Kier molecular flexibility index (Phi) is 3.45. The first kappa shape index (κ1) is 12.7. The van der Waals surface area contributed by atoms with E-state index in [1.54, 1.807) is 19.1 Å². The Morgan fingerprint density at radius 2 is 2.17 bits per heavy atom. The topological polar surface area (TPSA) is 72.8 Å². The van der Waals surface area contributed by atoms with Gasteiger partial charge in [-0.05, 0) is 18.9 Å². The molecule has 1 N–H and O–H groups in total. The van der Waals surface area contributed by atoms with Crippen molar-refractivity contribution in [2.45, 2.75) is 25.4 Å². The van der Waals surface area contributed by atoms with Crippen LogP contribution in [0.3, 0.4) is 0 Å². The molecule has 1 aliphatic carbocycles. The highest BCUT2D eigenvalue weighted by atomic mass is 17.1. The number of ketones is 1. The summed E-state index contributed by atoms with van der Waals surface area (Å²) < 4.78 is 4.82. The number of esters is 1. The number of carbonyl (C=O) groups is 2. The molecule has 18 heavy (non-hydrogen) atoms. The van der Waals surface area contributed by atoms with Crippen LogP contribution in [0.1, 0.15) is 29.3 Å². The maximum absolute atomic E-state index is 12.3. The van der Waals surface area contributed by atoms with Crippen LogP contribution in [-0.2, 0) is 20.8 Å². The van der Waals surface area contributed by atoms with Gasteiger partial charge >= 0.3 is 5.97 Å². The lowest BCUT2D eigenvalue weighted by Crippen LogP contribution is -2.52. The molecule has 1 unspecified atom stereocenters. The summed E-state index contributed by atoms with van der Waals surface area (Å²) in [5.41, 5.74) is -0.671. The number of benzene rings is 1. The maximum Gasteiger partial charge on any atom is 0.350 e. The molecule has 0 fully saturated rings. The minimum Gasteiger partial charge on any atom is -0.463 e. The van der Waals surface area contributed by atoms with Crippen molar-refractivity contribution in [1.29, 1.82) is 0 Å². The van der Waals surface area contributed by atoms with Gasteiger partial charge in [-0.3, -0.25) is 10.1 Å². The number of hydrogen-bond donors (Lipinski definition) is 1. The first-order chi connectivity index (χ1) is 8.65. The van der Waals surface area contributed by atoms with Crippen LogP contribution in [0, 0.1) is 0 Å². The van der Waals surface area contributed by atoms with Crippen LogP contribution in [-0.4, -0.2) is 29.2 Å². The van der Waals surface area contributed by atoms with Crippen molar-refractivity contribution in [2.24, 2.45) is 0 Å². The van der Waals surface area contributed by atoms with Gasteiger partial charge in [0.15, 0.2) is 0 Å². The fourth-order valence-electron chi connectivity index (χ4n) is 2.17. The fourth-order valence-corrected chi connectivity index (χ4v) is 2.17. The maximum atomic E-state index is 12.3. The highest BCUT2D eigenvalue weighted by molar-refractivity contribution is 6.16. The lowest BCUT2D eigenvalue weighted by molar-refractivity contribution is -0.303. The third kappa shape index (κ3) is 1.81. The van der Waals surface area contributed by atoms with E-state index in [2.05, 4.69) is 4.89 Å². The summed E-state index contributed by atoms with van der Waals surface area (Å²) in [5, 5.41) is 9.01. The Balaban J connectivity index is 2.42. The first-order valence-electron chi connectivity index (χ1n) is 5.78. The molecule has 0 amide bonds. The molecule has 96 valence electrons. The van der Waals surface area contributed by atoms with E-state index in [1.807, 2.05) is 12.1 Å². The fraction of sp³-hybridized carbons (Fsp3) is 0.385. The zero-order valence-electron chi connectivity index (χ0n) is 10.0. The molecule has 0 heterocycles. The van der Waals surface area contributed by atoms with Gasteiger partial charge in [0.1, 0.15) is 0 Å². The number of fused-ring (bicyclic) bond motifs is 1. The van der Waals surface area contributed by atoms with Crippen molar-refractivity contribution in [3.8, 4) is 0 Å². The van der Waals surface area contributed by atoms with E-state index in [0.29, 0.717) is 12.0 Å². The number of aryl methyl sites for hydroxylation is 1. The molecule has 2 rings (SSSR count). The normalized spacial score (nSPS) is 22.4. The van der Waals surface area contributed by atoms with Crippen LogP contribution in [0.2, 0.25) is 0 Å². The Morgan fingerprint density at radius 1 is 1.44 bits per heavy atom. The number of ether oxygens (including phenoxy) is 1. The van der Waals surface area contributed by atoms with Gasteiger partial charge in [-0.2, -0.15) is 0 Å². The zero-order chi connectivity index (χ0) is 13.2. The molecule has 0 bridgehead atoms. The molecule has 0 saturated carbocycles. The summed E-state index contributed by atoms with van der Waals surface area (Å²) >= 11 is 0. The summed E-state index contributed by atoms with van der Waals surface area (Å²) in [5.74, 6) is -1.39. The van der Waals surface area contributed by atoms with E-state index in [4.69, 9.17) is 9.99 Å². The van der Waals surface area contributed by atoms with Crippen molar-refractivity contribution in [1.82, 2.24) is 0 Å². The molecular weight excluding hydrogens is 236 g/mol. The van der Waals surface area contributed by atoms with Crippen molar-refractivity contribution in [3.63, 3.8) is 0 Å². The second-order valence-electron chi connectivity index (χ2n) is 4.13. The predicted octanol–water partition coefficient (Wildman–Crippen LogP) is 1.61. The van der Waals surface area contributed by atoms with Gasteiger partial charge in [-0.15, -0.1) is 0 Å². The molecule has 1 aliphatic rings. The lowest BCUT2D eigenvalue weighted by Gasteiger charge is -2.31. The summed E-state index contributed by atoms with van der Waals surface area (Å²) in [7, 11) is 0. The SMILES string of the molecule is CCOC(=O)C1(OO)CCc2ccccc2C1=O. The van der Waals surface area contributed by atoms with Crippen LogP contribution >= 0.6 is 0 Å². The molecule has 5 heteroatoms. The Bertz CT molecular complexity index is 482. The average Bonchev–Trinajstić information content (AvgIpc) is 2.40. The van der Waals surface area contributed by atoms with E-state index < -0.39 is 17.4 Å². The molecule has 1 atom stereocenters. The summed E-state index contributed by atoms with van der Waals surface area (Å²) in [6.07, 6.45) is 0.555. The standard InChI is InChI=1S/C13H14O5/c1-2-17-12(15)13(18-16)8-7-9-5-3-4-6-10(9)11(13)14/h3-6,16H,2,7-8H2,1H3. The lowest BCUT2D eigenvalue weighted by atomic mass is 9.79. The number of hydrogen-bond acceptors (Lipinski definition) is 5. The van der Waals surface area contributed by atoms with Crippen molar-refractivity contribution in [3.05, 3.63) is 35.4 Å². The molecule has 0 saturated heterocycles. The predicted molar refractivity (Wildman–Crippen MR) is 62.2 cm³/mol. The van der Waals surface area contributed by atoms with Crippen LogP contribution in [0.5, 0.6) is 0 Å². The largest absolute Gasteiger partial charge is 0.463 e. The van der Waals surface area contributed by atoms with Crippen LogP contribution in [0.25, 0.3) is 0 Å². The van der Waals surface area contributed by atoms with Crippen molar-refractivity contribution in [2.75, 3.05) is 6.61 Å². The summed E-state index contributed by atoms with van der Waals surface area (Å²) in [6.45, 7) is 1.75. The second kappa shape index (κ2) is 4.88. The van der Waals surface area contributed by atoms with Gasteiger partial charge in [0.2, 0.25) is 5.78 Å². The monoisotopic (exact) mass is 250 g/mol. The molecule has 0 radical (unpaired) electrons. The third-order valence-electron chi connectivity index (χ3n) is 3.14. The first-order valence-corrected chi connectivity index (χ1v) is 5.78. The van der Waals surface area contributed by atoms with E-state index >= 15 is 0 Å². The Morgan fingerprint density at radius 3 is 2.83 bits per heavy atom. The molecule has 1 aromatic rings. The van der Waals surface area contributed by atoms with Crippen LogP contribution < -0.4 is 0 Å². The number of rotatable bonds is 3. The molecular formula is C13H14O5. The third-order valence-corrected chi connectivity index (χ3v) is 3.14. The smallest absolute Gasteiger partial charge is 0.350 e. The highest BCUT2D eigenvalue weighted by Crippen LogP contribution is 2.32. The van der Waals surface area contributed by atoms with Crippen LogP contribution in [0.15, 0.2) is 24.3 Å². The van der Waals surface area contributed by atoms with Gasteiger partial charge in [0, 0.05) is 12.0 Å². The highest BCUT2D eigenvalue weighted by Gasteiger charge is 2.52.